The van der Waals surface area contributed by atoms with Crippen LogP contribution in [0, 0.1) is 11.3 Å². The van der Waals surface area contributed by atoms with Gasteiger partial charge in [-0.15, -0.1) is 12.6 Å². The molecule has 5 heteroatoms. The van der Waals surface area contributed by atoms with Gasteiger partial charge in [-0.1, -0.05) is 6.07 Å². The second kappa shape index (κ2) is 4.13. The van der Waals surface area contributed by atoms with E-state index in [1.54, 1.807) is 12.1 Å². The summed E-state index contributed by atoms with van der Waals surface area (Å²) in [6, 6.07) is 4.84. The van der Waals surface area contributed by atoms with Gasteiger partial charge in [0.1, 0.15) is 6.07 Å². The lowest BCUT2D eigenvalue weighted by Gasteiger charge is -2.06. The molecule has 1 aromatic carbocycles. The topological polar surface area (TPSA) is 87.1 Å². The molecule has 0 amide bonds. The number of aromatic carboxylic acids is 1. The van der Waals surface area contributed by atoms with Crippen molar-refractivity contribution in [3.05, 3.63) is 28.8 Å². The van der Waals surface area contributed by atoms with Crippen LogP contribution in [0.5, 0.6) is 0 Å². The third-order valence-corrected chi connectivity index (χ3v) is 2.33. The van der Waals surface area contributed by atoms with E-state index in [0.717, 1.165) is 0 Å². The van der Waals surface area contributed by atoms with Gasteiger partial charge in [-0.25, -0.2) is 4.79 Å². The molecule has 14 heavy (non-hydrogen) atoms. The van der Waals surface area contributed by atoms with Crippen LogP contribution in [0.15, 0.2) is 17.0 Å². The largest absolute Gasteiger partial charge is 0.478 e. The normalized spacial score (nSPS) is 9.50. The van der Waals surface area contributed by atoms with E-state index in [2.05, 4.69) is 12.6 Å². The summed E-state index contributed by atoms with van der Waals surface area (Å²) < 4.78 is 0. The van der Waals surface area contributed by atoms with Crippen LogP contribution in [0.2, 0.25) is 0 Å². The van der Waals surface area contributed by atoms with E-state index >= 15 is 0 Å². The number of hydrogen-bond donors (Lipinski definition) is 3. The smallest absolute Gasteiger partial charge is 0.338 e. The molecule has 4 nitrogen and oxygen atoms in total. The van der Waals surface area contributed by atoms with Gasteiger partial charge in [0.25, 0.3) is 0 Å². The lowest BCUT2D eigenvalue weighted by molar-refractivity contribution is 0.0692. The molecule has 0 fully saturated rings. The quantitative estimate of drug-likeness (QED) is 0.633. The number of carboxylic acid groups (broad SMARTS) is 1. The molecule has 0 radical (unpaired) electrons. The van der Waals surface area contributed by atoms with Crippen LogP contribution in [-0.2, 0) is 6.54 Å². The summed E-state index contributed by atoms with van der Waals surface area (Å²) in [5.41, 5.74) is 6.01. The molecule has 0 saturated carbocycles. The fourth-order valence-electron chi connectivity index (χ4n) is 1.11. The van der Waals surface area contributed by atoms with Gasteiger partial charge in [0.2, 0.25) is 0 Å². The first-order valence-corrected chi connectivity index (χ1v) is 4.24. The van der Waals surface area contributed by atoms with E-state index in [9.17, 15) is 4.79 Å². The summed E-state index contributed by atoms with van der Waals surface area (Å²) in [6.07, 6.45) is 0. The van der Waals surface area contributed by atoms with E-state index < -0.39 is 5.97 Å². The molecule has 72 valence electrons. The van der Waals surface area contributed by atoms with Crippen molar-refractivity contribution in [2.75, 3.05) is 0 Å². The zero-order valence-corrected chi connectivity index (χ0v) is 8.08. The van der Waals surface area contributed by atoms with Crippen molar-refractivity contribution in [2.24, 2.45) is 5.73 Å². The molecule has 0 aromatic heterocycles. The summed E-state index contributed by atoms with van der Waals surface area (Å²) in [7, 11) is 0. The highest BCUT2D eigenvalue weighted by atomic mass is 32.1. The van der Waals surface area contributed by atoms with Crippen molar-refractivity contribution in [1.29, 1.82) is 5.26 Å². The summed E-state index contributed by atoms with van der Waals surface area (Å²) in [4.78, 5) is 11.1. The monoisotopic (exact) mass is 208 g/mol. The van der Waals surface area contributed by atoms with Crippen molar-refractivity contribution >= 4 is 18.6 Å². The van der Waals surface area contributed by atoms with Gasteiger partial charge in [0.15, 0.2) is 0 Å². The van der Waals surface area contributed by atoms with Gasteiger partial charge in [-0.3, -0.25) is 0 Å². The third-order valence-electron chi connectivity index (χ3n) is 1.82. The minimum Gasteiger partial charge on any atom is -0.478 e. The Morgan fingerprint density at radius 2 is 2.29 bits per heavy atom. The highest BCUT2D eigenvalue weighted by Gasteiger charge is 2.15. The maximum atomic E-state index is 10.8. The number of rotatable bonds is 2. The maximum Gasteiger partial charge on any atom is 0.338 e. The zero-order chi connectivity index (χ0) is 10.7. The van der Waals surface area contributed by atoms with Gasteiger partial charge in [-0.2, -0.15) is 5.26 Å². The average Bonchev–Trinajstić information content (AvgIpc) is 2.16. The summed E-state index contributed by atoms with van der Waals surface area (Å²) >= 11 is 4.04. The first kappa shape index (κ1) is 10.6. The Labute approximate surface area is 86.4 Å². The summed E-state index contributed by atoms with van der Waals surface area (Å²) in [6.45, 7) is 0.199. The van der Waals surface area contributed by atoms with Gasteiger partial charge in [0, 0.05) is 11.4 Å². The summed E-state index contributed by atoms with van der Waals surface area (Å²) in [5, 5.41) is 17.5. The maximum absolute atomic E-state index is 10.8. The predicted molar refractivity (Wildman–Crippen MR) is 53.3 cm³/mol. The molecule has 0 spiro atoms. The van der Waals surface area contributed by atoms with Crippen molar-refractivity contribution in [3.63, 3.8) is 0 Å². The lowest BCUT2D eigenvalue weighted by Crippen LogP contribution is -2.06. The Morgan fingerprint density at radius 1 is 1.64 bits per heavy atom. The van der Waals surface area contributed by atoms with Crippen LogP contribution in [0.3, 0.4) is 0 Å². The minimum absolute atomic E-state index is 0.0845. The van der Waals surface area contributed by atoms with E-state index in [-0.39, 0.29) is 22.6 Å². The van der Waals surface area contributed by atoms with Crippen molar-refractivity contribution in [1.82, 2.24) is 0 Å². The molecule has 0 atom stereocenters. The minimum atomic E-state index is -1.16. The number of hydrogen-bond acceptors (Lipinski definition) is 4. The molecule has 0 heterocycles. The molecule has 0 aliphatic carbocycles. The number of carboxylic acids is 1. The van der Waals surface area contributed by atoms with E-state index in [1.807, 2.05) is 0 Å². The molecule has 1 aromatic rings. The highest BCUT2D eigenvalue weighted by molar-refractivity contribution is 7.80. The molecule has 0 aliphatic rings. The number of thiol groups is 1. The fraction of sp³-hybridized carbons (Fsp3) is 0.111. The number of nitrogens with two attached hydrogens (primary N) is 1. The first-order chi connectivity index (χ1) is 6.61. The Hall–Kier alpha value is -1.51. The summed E-state index contributed by atoms with van der Waals surface area (Å²) in [5.74, 6) is -1.16. The van der Waals surface area contributed by atoms with Gasteiger partial charge in [-0.05, 0) is 11.6 Å². The van der Waals surface area contributed by atoms with E-state index in [1.165, 1.54) is 6.07 Å². The first-order valence-electron chi connectivity index (χ1n) is 3.80. The van der Waals surface area contributed by atoms with Gasteiger partial charge in [0.05, 0.1) is 11.1 Å². The van der Waals surface area contributed by atoms with E-state index in [4.69, 9.17) is 16.1 Å². The molecular weight excluding hydrogens is 200 g/mol. The average molecular weight is 208 g/mol. The second-order valence-electron chi connectivity index (χ2n) is 2.62. The van der Waals surface area contributed by atoms with Gasteiger partial charge >= 0.3 is 5.97 Å². The molecule has 0 aliphatic heterocycles. The Bertz CT molecular complexity index is 424. The Kier molecular flexibility index (Phi) is 3.12. The van der Waals surface area contributed by atoms with Crippen molar-refractivity contribution < 1.29 is 9.90 Å². The Morgan fingerprint density at radius 3 is 2.71 bits per heavy atom. The molecule has 0 bridgehead atoms. The zero-order valence-electron chi connectivity index (χ0n) is 7.19. The number of nitriles is 1. The van der Waals surface area contributed by atoms with Gasteiger partial charge < -0.3 is 10.8 Å². The fourth-order valence-corrected chi connectivity index (χ4v) is 1.49. The molecule has 0 unspecified atom stereocenters. The van der Waals surface area contributed by atoms with Crippen LogP contribution in [0.25, 0.3) is 0 Å². The van der Waals surface area contributed by atoms with Crippen LogP contribution in [0.4, 0.5) is 0 Å². The highest BCUT2D eigenvalue weighted by Crippen LogP contribution is 2.22. The third kappa shape index (κ3) is 1.71. The van der Waals surface area contributed by atoms with Crippen LogP contribution in [0.1, 0.15) is 21.5 Å². The van der Waals surface area contributed by atoms with Crippen LogP contribution < -0.4 is 5.73 Å². The predicted octanol–water partition coefficient (Wildman–Crippen LogP) is 1.00. The second-order valence-corrected chi connectivity index (χ2v) is 3.06. The number of nitrogens with zero attached hydrogens (tertiary/aromatic N) is 1. The molecule has 1 rings (SSSR count). The standard InChI is InChI=1S/C9H8N2O2S/c10-3-5-1-2-6(4-11)8(14)7(5)9(12)13/h1-2,14H,4,11H2,(H,12,13). The van der Waals surface area contributed by atoms with Crippen LogP contribution >= 0.6 is 12.6 Å². The molecule has 3 N–H and O–H groups in total. The SMILES string of the molecule is N#Cc1ccc(CN)c(S)c1C(=O)O. The van der Waals surface area contributed by atoms with Crippen molar-refractivity contribution in [3.8, 4) is 6.07 Å². The number of carbonyl (C=O) groups is 1. The molecule has 0 saturated heterocycles. The molecular formula is C9H8N2O2S. The lowest BCUT2D eigenvalue weighted by atomic mass is 10.0. The van der Waals surface area contributed by atoms with Crippen molar-refractivity contribution in [2.45, 2.75) is 11.4 Å². The Balaban J connectivity index is 3.49. The number of benzene rings is 1. The van der Waals surface area contributed by atoms with Crippen LogP contribution in [-0.4, -0.2) is 11.1 Å². The van der Waals surface area contributed by atoms with E-state index in [0.29, 0.717) is 5.56 Å².